The molecule has 0 aliphatic carbocycles. The van der Waals surface area contributed by atoms with E-state index in [1.807, 2.05) is 54.0 Å². The Morgan fingerprint density at radius 1 is 1.04 bits per heavy atom. The van der Waals surface area contributed by atoms with Crippen LogP contribution in [0.15, 0.2) is 36.5 Å². The van der Waals surface area contributed by atoms with Crippen molar-refractivity contribution in [3.05, 3.63) is 42.2 Å². The van der Waals surface area contributed by atoms with Crippen LogP contribution in [0.5, 0.6) is 0 Å². The first kappa shape index (κ1) is 19.3. The van der Waals surface area contributed by atoms with Gasteiger partial charge in [-0.15, -0.1) is 0 Å². The van der Waals surface area contributed by atoms with Crippen molar-refractivity contribution in [2.75, 3.05) is 45.8 Å². The molecule has 6 heteroatoms. The van der Waals surface area contributed by atoms with Gasteiger partial charge in [0.2, 0.25) is 5.91 Å². The molecule has 27 heavy (non-hydrogen) atoms. The van der Waals surface area contributed by atoms with Crippen LogP contribution in [0.4, 0.5) is 0 Å². The molecule has 0 N–H and O–H groups in total. The van der Waals surface area contributed by atoms with Crippen molar-refractivity contribution < 1.29 is 9.59 Å². The highest BCUT2D eigenvalue weighted by atomic mass is 16.2. The Morgan fingerprint density at radius 2 is 1.81 bits per heavy atom. The van der Waals surface area contributed by atoms with Gasteiger partial charge in [-0.2, -0.15) is 0 Å². The van der Waals surface area contributed by atoms with E-state index in [9.17, 15) is 9.59 Å². The van der Waals surface area contributed by atoms with E-state index in [-0.39, 0.29) is 11.8 Å². The molecule has 2 amide bonds. The Morgan fingerprint density at radius 3 is 2.59 bits per heavy atom. The number of benzene rings is 1. The van der Waals surface area contributed by atoms with Crippen LogP contribution >= 0.6 is 0 Å². The summed E-state index contributed by atoms with van der Waals surface area (Å²) in [5.74, 6) is 0.138. The number of fused-ring (bicyclic) bond motifs is 1. The highest BCUT2D eigenvalue weighted by molar-refractivity contribution is 6.05. The lowest BCUT2D eigenvalue weighted by Crippen LogP contribution is -2.42. The minimum atomic E-state index is -0.0243. The summed E-state index contributed by atoms with van der Waals surface area (Å²) >= 11 is 0. The molecule has 3 rings (SSSR count). The lowest BCUT2D eigenvalue weighted by atomic mass is 10.1. The number of hydrogen-bond acceptors (Lipinski definition) is 4. The molecule has 1 saturated heterocycles. The molecule has 0 saturated carbocycles. The number of amides is 2. The fourth-order valence-corrected chi connectivity index (χ4v) is 3.64. The van der Waals surface area contributed by atoms with E-state index in [2.05, 4.69) is 9.88 Å². The van der Waals surface area contributed by atoms with Gasteiger partial charge >= 0.3 is 0 Å². The van der Waals surface area contributed by atoms with E-state index < -0.39 is 0 Å². The highest BCUT2D eigenvalue weighted by Crippen LogP contribution is 2.18. The molecule has 0 atom stereocenters. The molecule has 2 aromatic rings. The fourth-order valence-electron chi connectivity index (χ4n) is 3.64. The zero-order valence-electron chi connectivity index (χ0n) is 16.2. The Hall–Kier alpha value is -2.47. The molecule has 1 aliphatic rings. The summed E-state index contributed by atoms with van der Waals surface area (Å²) in [6.07, 6.45) is 2.56. The number of rotatable bonds is 5. The molecule has 0 unspecified atom stereocenters. The predicted molar refractivity (Wildman–Crippen MR) is 107 cm³/mol. The Labute approximate surface area is 160 Å². The van der Waals surface area contributed by atoms with Crippen LogP contribution in [0.3, 0.4) is 0 Å². The standard InChI is InChI=1S/C21H28N4O2/c1-3-24(4-2)19(26)16-23-12-7-13-25(15-14-23)21(27)20-18-9-6-5-8-17(18)10-11-22-20/h5-6,8-11H,3-4,7,12-16H2,1-2H3. The average Bonchev–Trinajstić information content (AvgIpc) is 2.93. The summed E-state index contributed by atoms with van der Waals surface area (Å²) < 4.78 is 0. The van der Waals surface area contributed by atoms with Crippen molar-refractivity contribution in [2.24, 2.45) is 0 Å². The monoisotopic (exact) mass is 368 g/mol. The van der Waals surface area contributed by atoms with Crippen LogP contribution in [0, 0.1) is 0 Å². The summed E-state index contributed by atoms with van der Waals surface area (Å²) in [6, 6.07) is 9.77. The van der Waals surface area contributed by atoms with Crippen LogP contribution in [0.2, 0.25) is 0 Å². The number of carbonyl (C=O) groups is 2. The van der Waals surface area contributed by atoms with Gasteiger partial charge in [0, 0.05) is 50.9 Å². The first-order valence-electron chi connectivity index (χ1n) is 9.77. The number of aromatic nitrogens is 1. The van der Waals surface area contributed by atoms with E-state index in [4.69, 9.17) is 0 Å². The van der Waals surface area contributed by atoms with Crippen molar-refractivity contribution in [2.45, 2.75) is 20.3 Å². The maximum atomic E-state index is 13.1. The second-order valence-electron chi connectivity index (χ2n) is 6.87. The summed E-state index contributed by atoms with van der Waals surface area (Å²) in [6.45, 7) is 8.76. The van der Waals surface area contributed by atoms with Gasteiger partial charge in [0.25, 0.3) is 5.91 Å². The zero-order chi connectivity index (χ0) is 19.2. The number of likely N-dealkylation sites (N-methyl/N-ethyl adjacent to an activating group) is 1. The van der Waals surface area contributed by atoms with Crippen molar-refractivity contribution in [3.63, 3.8) is 0 Å². The molecule has 1 fully saturated rings. The Balaban J connectivity index is 1.67. The number of pyridine rings is 1. The van der Waals surface area contributed by atoms with Crippen molar-refractivity contribution >= 4 is 22.6 Å². The van der Waals surface area contributed by atoms with Crippen molar-refractivity contribution in [1.82, 2.24) is 19.7 Å². The van der Waals surface area contributed by atoms with Gasteiger partial charge in [-0.3, -0.25) is 19.5 Å². The SMILES string of the molecule is CCN(CC)C(=O)CN1CCCN(C(=O)c2nccc3ccccc23)CC1. The maximum absolute atomic E-state index is 13.1. The van der Waals surface area contributed by atoms with Crippen molar-refractivity contribution in [3.8, 4) is 0 Å². The summed E-state index contributed by atoms with van der Waals surface area (Å²) in [5.41, 5.74) is 0.515. The number of carbonyl (C=O) groups excluding carboxylic acids is 2. The maximum Gasteiger partial charge on any atom is 0.273 e. The topological polar surface area (TPSA) is 56.8 Å². The van der Waals surface area contributed by atoms with Crippen LogP contribution in [-0.4, -0.2) is 77.3 Å². The number of nitrogens with zero attached hydrogens (tertiary/aromatic N) is 4. The Bertz CT molecular complexity index is 798. The molecule has 1 aliphatic heterocycles. The average molecular weight is 368 g/mol. The van der Waals surface area contributed by atoms with Gasteiger partial charge in [-0.1, -0.05) is 24.3 Å². The van der Waals surface area contributed by atoms with Crippen molar-refractivity contribution in [1.29, 1.82) is 0 Å². The minimum Gasteiger partial charge on any atom is -0.342 e. The van der Waals surface area contributed by atoms with Crippen LogP contribution < -0.4 is 0 Å². The third kappa shape index (κ3) is 4.45. The quantitative estimate of drug-likeness (QED) is 0.812. The molecule has 144 valence electrons. The molecular weight excluding hydrogens is 340 g/mol. The third-order valence-corrected chi connectivity index (χ3v) is 5.23. The van der Waals surface area contributed by atoms with Crippen LogP contribution in [0.1, 0.15) is 30.8 Å². The molecule has 1 aromatic heterocycles. The molecule has 2 heterocycles. The molecular formula is C21H28N4O2. The van der Waals surface area contributed by atoms with Crippen LogP contribution in [-0.2, 0) is 4.79 Å². The molecule has 0 spiro atoms. The number of hydrogen-bond donors (Lipinski definition) is 0. The van der Waals surface area contributed by atoms with Gasteiger partial charge in [-0.25, -0.2) is 0 Å². The summed E-state index contributed by atoms with van der Waals surface area (Å²) in [5, 5.41) is 1.92. The van der Waals surface area contributed by atoms with E-state index in [0.29, 0.717) is 31.9 Å². The summed E-state index contributed by atoms with van der Waals surface area (Å²) in [7, 11) is 0. The van der Waals surface area contributed by atoms with Gasteiger partial charge in [0.15, 0.2) is 0 Å². The fraction of sp³-hybridized carbons (Fsp3) is 0.476. The smallest absolute Gasteiger partial charge is 0.273 e. The predicted octanol–water partition coefficient (Wildman–Crippen LogP) is 2.25. The largest absolute Gasteiger partial charge is 0.342 e. The highest BCUT2D eigenvalue weighted by Gasteiger charge is 2.24. The van der Waals surface area contributed by atoms with E-state index in [0.717, 1.165) is 36.8 Å². The van der Waals surface area contributed by atoms with Gasteiger partial charge < -0.3 is 9.80 Å². The van der Waals surface area contributed by atoms with Gasteiger partial charge in [0.05, 0.1) is 6.54 Å². The second kappa shape index (κ2) is 8.95. The third-order valence-electron chi connectivity index (χ3n) is 5.23. The van der Waals surface area contributed by atoms with Gasteiger partial charge in [0.1, 0.15) is 5.69 Å². The van der Waals surface area contributed by atoms with E-state index in [1.54, 1.807) is 6.20 Å². The first-order chi connectivity index (χ1) is 13.1. The second-order valence-corrected chi connectivity index (χ2v) is 6.87. The first-order valence-corrected chi connectivity index (χ1v) is 9.77. The summed E-state index contributed by atoms with van der Waals surface area (Å²) in [4.78, 5) is 35.7. The minimum absolute atomic E-state index is 0.0243. The van der Waals surface area contributed by atoms with E-state index >= 15 is 0 Å². The molecule has 6 nitrogen and oxygen atoms in total. The Kier molecular flexibility index (Phi) is 6.40. The van der Waals surface area contributed by atoms with Crippen LogP contribution in [0.25, 0.3) is 10.8 Å². The lowest BCUT2D eigenvalue weighted by molar-refractivity contribution is -0.132. The molecule has 1 aromatic carbocycles. The normalized spacial score (nSPS) is 15.6. The lowest BCUT2D eigenvalue weighted by Gasteiger charge is -2.25. The molecule has 0 radical (unpaired) electrons. The zero-order valence-corrected chi connectivity index (χ0v) is 16.2. The van der Waals surface area contributed by atoms with E-state index in [1.165, 1.54) is 0 Å². The molecule has 0 bridgehead atoms. The van der Waals surface area contributed by atoms with Gasteiger partial charge in [-0.05, 0) is 31.7 Å².